The van der Waals surface area contributed by atoms with Crippen LogP contribution >= 0.6 is 27.3 Å². The van der Waals surface area contributed by atoms with Crippen LogP contribution < -0.4 is 10.1 Å². The minimum atomic E-state index is -4.71. The zero-order valence-corrected chi connectivity index (χ0v) is 12.8. The molecular weight excluding hydrogens is 345 g/mol. The Morgan fingerprint density at radius 1 is 1.32 bits per heavy atom. The Morgan fingerprint density at radius 2 is 1.95 bits per heavy atom. The molecule has 0 unspecified atom stereocenters. The number of ether oxygens (including phenoxy) is 1. The van der Waals surface area contributed by atoms with Crippen molar-refractivity contribution in [3.05, 3.63) is 16.6 Å². The number of benzene rings is 1. The lowest BCUT2D eigenvalue weighted by atomic mass is 10.3. The van der Waals surface area contributed by atoms with Crippen molar-refractivity contribution in [2.45, 2.75) is 20.2 Å². The van der Waals surface area contributed by atoms with Crippen molar-refractivity contribution in [2.24, 2.45) is 0 Å². The summed E-state index contributed by atoms with van der Waals surface area (Å²) in [5, 5.41) is 3.31. The van der Waals surface area contributed by atoms with Gasteiger partial charge in [-0.1, -0.05) is 41.1 Å². The van der Waals surface area contributed by atoms with E-state index in [1.807, 2.05) is 13.8 Å². The summed E-state index contributed by atoms with van der Waals surface area (Å²) in [6.45, 7) is 4.00. The lowest BCUT2D eigenvalue weighted by molar-refractivity contribution is -0.274. The molecule has 1 N–H and O–H groups in total. The van der Waals surface area contributed by atoms with Crippen LogP contribution in [0.4, 0.5) is 18.3 Å². The fourth-order valence-electron chi connectivity index (χ4n) is 1.28. The Morgan fingerprint density at radius 3 is 2.47 bits per heavy atom. The molecule has 0 amide bonds. The molecule has 0 spiro atoms. The van der Waals surface area contributed by atoms with Gasteiger partial charge in [0.2, 0.25) is 0 Å². The highest BCUT2D eigenvalue weighted by molar-refractivity contribution is 9.10. The van der Waals surface area contributed by atoms with Gasteiger partial charge in [-0.05, 0) is 12.1 Å². The summed E-state index contributed by atoms with van der Waals surface area (Å²) in [7, 11) is 1.65. The van der Waals surface area contributed by atoms with Gasteiger partial charge in [0.15, 0.2) is 5.13 Å². The molecule has 8 heteroatoms. The molecule has 3 nitrogen and oxygen atoms in total. The highest BCUT2D eigenvalue weighted by atomic mass is 79.9. The lowest BCUT2D eigenvalue weighted by Gasteiger charge is -2.09. The van der Waals surface area contributed by atoms with E-state index >= 15 is 0 Å². The molecule has 0 saturated heterocycles. The Hall–Kier alpha value is -1.02. The third-order valence-corrected chi connectivity index (χ3v) is 3.42. The molecule has 106 valence electrons. The van der Waals surface area contributed by atoms with Crippen LogP contribution in [0.5, 0.6) is 5.75 Å². The summed E-state index contributed by atoms with van der Waals surface area (Å²) in [6, 6.07) is 2.91. The standard InChI is InChI=1S/C9H6BrF3N2OS.C2H6/c1-14-8-15-5-2-4(10)3-6(7(5)17-8)16-9(11,12)13;1-2/h2-3H,1H3,(H,14,15);1-2H3. The predicted molar refractivity (Wildman–Crippen MR) is 74.9 cm³/mol. The molecule has 2 aromatic rings. The highest BCUT2D eigenvalue weighted by Crippen LogP contribution is 2.38. The van der Waals surface area contributed by atoms with E-state index < -0.39 is 6.36 Å². The first-order valence-electron chi connectivity index (χ1n) is 5.42. The summed E-state index contributed by atoms with van der Waals surface area (Å²) < 4.78 is 41.5. The summed E-state index contributed by atoms with van der Waals surface area (Å²) in [4.78, 5) is 4.11. The number of fused-ring (bicyclic) bond motifs is 1. The van der Waals surface area contributed by atoms with Crippen molar-refractivity contribution < 1.29 is 17.9 Å². The third-order valence-electron chi connectivity index (χ3n) is 1.86. The smallest absolute Gasteiger partial charge is 0.404 e. The van der Waals surface area contributed by atoms with E-state index in [2.05, 4.69) is 31.0 Å². The molecule has 0 bridgehead atoms. The Balaban J connectivity index is 0.000000861. The maximum Gasteiger partial charge on any atom is 0.573 e. The number of rotatable bonds is 2. The molecule has 19 heavy (non-hydrogen) atoms. The number of hydrogen-bond donors (Lipinski definition) is 1. The zero-order chi connectivity index (χ0) is 14.6. The number of anilines is 1. The monoisotopic (exact) mass is 356 g/mol. The number of thiazole rings is 1. The van der Waals surface area contributed by atoms with Crippen molar-refractivity contribution in [3.8, 4) is 5.75 Å². The maximum absolute atomic E-state index is 12.2. The zero-order valence-electron chi connectivity index (χ0n) is 10.4. The number of alkyl halides is 3. The van der Waals surface area contributed by atoms with Crippen LogP contribution in [0.3, 0.4) is 0 Å². The van der Waals surface area contributed by atoms with Crippen LogP contribution in [0.25, 0.3) is 10.2 Å². The van der Waals surface area contributed by atoms with Crippen LogP contribution in [0.1, 0.15) is 13.8 Å². The normalized spacial score (nSPS) is 10.9. The van der Waals surface area contributed by atoms with Gasteiger partial charge in [-0.3, -0.25) is 0 Å². The summed E-state index contributed by atoms with van der Waals surface area (Å²) in [5.41, 5.74) is 0.452. The number of hydrogen-bond acceptors (Lipinski definition) is 4. The first-order valence-corrected chi connectivity index (χ1v) is 7.03. The largest absolute Gasteiger partial charge is 0.573 e. The van der Waals surface area contributed by atoms with E-state index in [1.165, 1.54) is 6.07 Å². The van der Waals surface area contributed by atoms with Crippen LogP contribution in [0.15, 0.2) is 16.6 Å². The van der Waals surface area contributed by atoms with Crippen LogP contribution in [0.2, 0.25) is 0 Å². The number of aromatic nitrogens is 1. The highest BCUT2D eigenvalue weighted by Gasteiger charge is 2.32. The predicted octanol–water partition coefficient (Wildman–Crippen LogP) is 5.03. The van der Waals surface area contributed by atoms with Crippen LogP contribution in [0, 0.1) is 0 Å². The van der Waals surface area contributed by atoms with E-state index in [4.69, 9.17) is 0 Å². The molecule has 1 aromatic carbocycles. The molecule has 0 radical (unpaired) electrons. The van der Waals surface area contributed by atoms with Gasteiger partial charge in [-0.2, -0.15) is 0 Å². The van der Waals surface area contributed by atoms with Crippen molar-refractivity contribution >= 4 is 42.6 Å². The molecule has 0 aliphatic rings. The summed E-state index contributed by atoms with van der Waals surface area (Å²) in [6.07, 6.45) is -4.71. The van der Waals surface area contributed by atoms with Gasteiger partial charge in [-0.25, -0.2) is 4.98 Å². The van der Waals surface area contributed by atoms with Gasteiger partial charge in [0.25, 0.3) is 0 Å². The van der Waals surface area contributed by atoms with Crippen molar-refractivity contribution in [2.75, 3.05) is 12.4 Å². The number of nitrogens with zero attached hydrogens (tertiary/aromatic N) is 1. The molecule has 0 aliphatic heterocycles. The molecule has 1 heterocycles. The average molecular weight is 357 g/mol. The van der Waals surface area contributed by atoms with E-state index in [1.54, 1.807) is 13.1 Å². The van der Waals surface area contributed by atoms with Gasteiger partial charge in [-0.15, -0.1) is 13.2 Å². The van der Waals surface area contributed by atoms with Crippen molar-refractivity contribution in [1.29, 1.82) is 0 Å². The number of halogens is 4. The minimum Gasteiger partial charge on any atom is -0.404 e. The Kier molecular flexibility index (Phi) is 5.42. The maximum atomic E-state index is 12.2. The van der Waals surface area contributed by atoms with Crippen molar-refractivity contribution in [3.63, 3.8) is 0 Å². The molecule has 0 atom stereocenters. The molecule has 1 aromatic heterocycles. The second-order valence-electron chi connectivity index (χ2n) is 3.07. The summed E-state index contributed by atoms with van der Waals surface area (Å²) in [5.74, 6) is -0.249. The van der Waals surface area contributed by atoms with E-state index in [9.17, 15) is 13.2 Å². The summed E-state index contributed by atoms with van der Waals surface area (Å²) >= 11 is 4.22. The Bertz CT molecular complexity index is 557. The lowest BCUT2D eigenvalue weighted by Crippen LogP contribution is -2.17. The fraction of sp³-hybridized carbons (Fsp3) is 0.364. The Labute approximate surface area is 120 Å². The first kappa shape index (κ1) is 16.0. The third kappa shape index (κ3) is 4.24. The van der Waals surface area contributed by atoms with E-state index in [0.29, 0.717) is 19.8 Å². The minimum absolute atomic E-state index is 0.249. The molecular formula is C11H12BrF3N2OS. The first-order chi connectivity index (χ1) is 8.89. The van der Waals surface area contributed by atoms with E-state index in [0.717, 1.165) is 11.3 Å². The van der Waals surface area contributed by atoms with Gasteiger partial charge in [0.05, 0.1) is 10.2 Å². The topological polar surface area (TPSA) is 34.2 Å². The van der Waals surface area contributed by atoms with Crippen LogP contribution in [-0.2, 0) is 0 Å². The van der Waals surface area contributed by atoms with Crippen molar-refractivity contribution in [1.82, 2.24) is 4.98 Å². The second-order valence-corrected chi connectivity index (χ2v) is 4.98. The molecule has 0 saturated carbocycles. The SMILES string of the molecule is CC.CNc1nc2cc(Br)cc(OC(F)(F)F)c2s1. The fourth-order valence-corrected chi connectivity index (χ4v) is 2.55. The van der Waals surface area contributed by atoms with E-state index in [-0.39, 0.29) is 5.75 Å². The quantitative estimate of drug-likeness (QED) is 0.819. The van der Waals surface area contributed by atoms with Gasteiger partial charge < -0.3 is 10.1 Å². The van der Waals surface area contributed by atoms with Crippen LogP contribution in [-0.4, -0.2) is 18.4 Å². The molecule has 2 rings (SSSR count). The molecule has 0 fully saturated rings. The molecule has 0 aliphatic carbocycles. The van der Waals surface area contributed by atoms with Gasteiger partial charge >= 0.3 is 6.36 Å². The average Bonchev–Trinajstić information content (AvgIpc) is 2.72. The second kappa shape index (κ2) is 6.42. The van der Waals surface area contributed by atoms with Gasteiger partial charge in [0.1, 0.15) is 5.75 Å². The van der Waals surface area contributed by atoms with Gasteiger partial charge in [0, 0.05) is 11.5 Å². The number of nitrogens with one attached hydrogen (secondary N) is 1.